The Balaban J connectivity index is 1.04. The molecule has 2 saturated heterocycles. The number of benzene rings is 1. The minimum atomic E-state index is -0.288. The fourth-order valence-electron chi connectivity index (χ4n) is 8.21. The van der Waals surface area contributed by atoms with Gasteiger partial charge in [-0.15, -0.1) is 0 Å². The van der Waals surface area contributed by atoms with Crippen LogP contribution in [0.2, 0.25) is 0 Å². The largest absolute Gasteiger partial charge is 0.338 e. The van der Waals surface area contributed by atoms with E-state index in [2.05, 4.69) is 10.2 Å². The van der Waals surface area contributed by atoms with Crippen LogP contribution in [0.3, 0.4) is 0 Å². The lowest BCUT2D eigenvalue weighted by Crippen LogP contribution is -2.59. The maximum absolute atomic E-state index is 13.9. The third-order valence-electron chi connectivity index (χ3n) is 9.40. The Morgan fingerprint density at radius 2 is 1.49 bits per heavy atom. The summed E-state index contributed by atoms with van der Waals surface area (Å²) in [6, 6.07) is 9.21. The van der Waals surface area contributed by atoms with Crippen molar-refractivity contribution in [2.75, 3.05) is 44.6 Å². The Labute approximate surface area is 208 Å². The van der Waals surface area contributed by atoms with Crippen molar-refractivity contribution in [1.29, 1.82) is 0 Å². The number of carbonyl (C=O) groups excluding carboxylic acids is 3. The second-order valence-corrected chi connectivity index (χ2v) is 11.9. The van der Waals surface area contributed by atoms with Crippen molar-refractivity contribution in [2.24, 2.45) is 23.2 Å². The summed E-state index contributed by atoms with van der Waals surface area (Å²) < 4.78 is 0. The van der Waals surface area contributed by atoms with Gasteiger partial charge in [-0.3, -0.25) is 19.3 Å². The molecule has 7 rings (SSSR count). The zero-order chi connectivity index (χ0) is 24.0. The van der Waals surface area contributed by atoms with Crippen molar-refractivity contribution >= 4 is 23.4 Å². The second kappa shape index (κ2) is 9.23. The van der Waals surface area contributed by atoms with E-state index >= 15 is 0 Å². The molecule has 4 bridgehead atoms. The molecule has 0 radical (unpaired) electrons. The topological polar surface area (TPSA) is 73.0 Å². The quantitative estimate of drug-likeness (QED) is 0.706. The number of likely N-dealkylation sites (tertiary alicyclic amines) is 1. The van der Waals surface area contributed by atoms with E-state index in [1.165, 1.54) is 19.3 Å². The number of hydrogen-bond donors (Lipinski definition) is 1. The first kappa shape index (κ1) is 23.0. The van der Waals surface area contributed by atoms with Crippen molar-refractivity contribution < 1.29 is 14.4 Å². The van der Waals surface area contributed by atoms with Gasteiger partial charge in [0.2, 0.25) is 17.7 Å². The van der Waals surface area contributed by atoms with E-state index in [0.29, 0.717) is 38.6 Å². The number of rotatable bonds is 5. The number of piperazine rings is 1. The SMILES string of the molecule is O=C(CN1CCN(C(=O)C2CCCN2C(=O)C23CC4CC(CC(C4)C2)C3)CC1)Nc1ccccc1. The van der Waals surface area contributed by atoms with Gasteiger partial charge in [-0.1, -0.05) is 18.2 Å². The number of hydrogen-bond acceptors (Lipinski definition) is 4. The molecule has 1 aromatic rings. The third-order valence-corrected chi connectivity index (χ3v) is 9.40. The van der Waals surface area contributed by atoms with Crippen molar-refractivity contribution in [3.63, 3.8) is 0 Å². The fraction of sp³-hybridized carbons (Fsp3) is 0.679. The van der Waals surface area contributed by atoms with Gasteiger partial charge in [0.1, 0.15) is 6.04 Å². The maximum Gasteiger partial charge on any atom is 0.245 e. The number of nitrogens with one attached hydrogen (secondary N) is 1. The number of anilines is 1. The molecule has 1 aromatic carbocycles. The normalized spacial score (nSPS) is 34.3. The van der Waals surface area contributed by atoms with Gasteiger partial charge in [-0.2, -0.15) is 0 Å². The Hall–Kier alpha value is -2.41. The molecule has 7 nitrogen and oxygen atoms in total. The molecule has 2 aliphatic heterocycles. The lowest BCUT2D eigenvalue weighted by atomic mass is 9.49. The molecule has 1 atom stereocenters. The molecule has 188 valence electrons. The van der Waals surface area contributed by atoms with E-state index in [-0.39, 0.29) is 23.3 Å². The molecule has 7 heteroatoms. The predicted octanol–water partition coefficient (Wildman–Crippen LogP) is 2.98. The second-order valence-electron chi connectivity index (χ2n) is 11.9. The van der Waals surface area contributed by atoms with E-state index in [0.717, 1.165) is 62.1 Å². The van der Waals surface area contributed by atoms with Gasteiger partial charge in [0.15, 0.2) is 0 Å². The number of amides is 3. The molecule has 6 fully saturated rings. The van der Waals surface area contributed by atoms with Gasteiger partial charge < -0.3 is 15.1 Å². The van der Waals surface area contributed by atoms with Crippen LogP contribution in [-0.2, 0) is 14.4 Å². The van der Waals surface area contributed by atoms with Gasteiger partial charge in [0, 0.05) is 38.4 Å². The Bertz CT molecular complexity index is 936. The predicted molar refractivity (Wildman–Crippen MR) is 133 cm³/mol. The highest BCUT2D eigenvalue weighted by atomic mass is 16.2. The zero-order valence-electron chi connectivity index (χ0n) is 20.7. The molecule has 4 saturated carbocycles. The van der Waals surface area contributed by atoms with E-state index in [4.69, 9.17) is 0 Å². The molecule has 1 N–H and O–H groups in total. The number of para-hydroxylation sites is 1. The van der Waals surface area contributed by atoms with Crippen LogP contribution in [0.4, 0.5) is 5.69 Å². The highest BCUT2D eigenvalue weighted by Gasteiger charge is 2.57. The summed E-state index contributed by atoms with van der Waals surface area (Å²) in [7, 11) is 0. The smallest absolute Gasteiger partial charge is 0.245 e. The van der Waals surface area contributed by atoms with Crippen LogP contribution >= 0.6 is 0 Å². The summed E-state index contributed by atoms with van der Waals surface area (Å²) in [6.07, 6.45) is 8.84. The third kappa shape index (κ3) is 4.48. The van der Waals surface area contributed by atoms with Crippen molar-refractivity contribution in [3.8, 4) is 0 Å². The number of carbonyl (C=O) groups is 3. The minimum absolute atomic E-state index is 0.0286. The Morgan fingerprint density at radius 3 is 2.11 bits per heavy atom. The Morgan fingerprint density at radius 1 is 0.857 bits per heavy atom. The molecule has 3 amide bonds. The molecule has 0 spiro atoms. The van der Waals surface area contributed by atoms with E-state index in [9.17, 15) is 14.4 Å². The van der Waals surface area contributed by atoms with Crippen LogP contribution in [0.15, 0.2) is 30.3 Å². The van der Waals surface area contributed by atoms with Crippen LogP contribution in [0, 0.1) is 23.2 Å². The highest BCUT2D eigenvalue weighted by Crippen LogP contribution is 2.60. The fourth-order valence-corrected chi connectivity index (χ4v) is 8.21. The van der Waals surface area contributed by atoms with Crippen LogP contribution in [0.1, 0.15) is 51.4 Å². The monoisotopic (exact) mass is 478 g/mol. The first-order valence-electron chi connectivity index (χ1n) is 13.7. The average Bonchev–Trinajstić information content (AvgIpc) is 3.33. The van der Waals surface area contributed by atoms with Gasteiger partial charge in [-0.05, 0) is 81.3 Å². The standard InChI is InChI=1S/C28H38N4O3/c33-25(29-23-5-2-1-3-6-23)19-30-9-11-31(12-10-30)26(34)24-7-4-8-32(24)27(35)28-16-20-13-21(17-28)15-22(14-20)18-28/h1-3,5-6,20-22,24H,4,7-19H2,(H,29,33). The van der Waals surface area contributed by atoms with Gasteiger partial charge in [0.25, 0.3) is 0 Å². The van der Waals surface area contributed by atoms with Crippen LogP contribution in [0.5, 0.6) is 0 Å². The van der Waals surface area contributed by atoms with Gasteiger partial charge >= 0.3 is 0 Å². The summed E-state index contributed by atoms with van der Waals surface area (Å²) in [5.74, 6) is 2.58. The summed E-state index contributed by atoms with van der Waals surface area (Å²) >= 11 is 0. The molecule has 1 unspecified atom stereocenters. The molecule has 6 aliphatic rings. The summed E-state index contributed by atoms with van der Waals surface area (Å²) in [6.45, 7) is 3.67. The summed E-state index contributed by atoms with van der Waals surface area (Å²) in [4.78, 5) is 45.9. The molecule has 0 aromatic heterocycles. The maximum atomic E-state index is 13.9. The average molecular weight is 479 g/mol. The Kier molecular flexibility index (Phi) is 6.07. The van der Waals surface area contributed by atoms with Crippen LogP contribution < -0.4 is 5.32 Å². The molecule has 4 aliphatic carbocycles. The van der Waals surface area contributed by atoms with E-state index < -0.39 is 0 Å². The first-order valence-corrected chi connectivity index (χ1v) is 13.7. The first-order chi connectivity index (χ1) is 17.0. The zero-order valence-corrected chi connectivity index (χ0v) is 20.7. The lowest BCUT2D eigenvalue weighted by molar-refractivity contribution is -0.162. The minimum Gasteiger partial charge on any atom is -0.338 e. The summed E-state index contributed by atoms with van der Waals surface area (Å²) in [5.41, 5.74) is 0.624. The van der Waals surface area contributed by atoms with Crippen LogP contribution in [-0.4, -0.2) is 77.7 Å². The molecule has 35 heavy (non-hydrogen) atoms. The molecular formula is C28H38N4O3. The van der Waals surface area contributed by atoms with Gasteiger partial charge in [-0.25, -0.2) is 0 Å². The lowest BCUT2D eigenvalue weighted by Gasteiger charge is -2.56. The molecule has 2 heterocycles. The number of nitrogens with zero attached hydrogens (tertiary/aromatic N) is 3. The van der Waals surface area contributed by atoms with E-state index in [1.807, 2.05) is 40.1 Å². The van der Waals surface area contributed by atoms with Gasteiger partial charge in [0.05, 0.1) is 12.0 Å². The molecular weight excluding hydrogens is 440 g/mol. The van der Waals surface area contributed by atoms with Crippen molar-refractivity contribution in [1.82, 2.24) is 14.7 Å². The van der Waals surface area contributed by atoms with E-state index in [1.54, 1.807) is 0 Å². The summed E-state index contributed by atoms with van der Waals surface area (Å²) in [5, 5.41) is 2.94. The van der Waals surface area contributed by atoms with Crippen molar-refractivity contribution in [2.45, 2.75) is 57.4 Å². The highest BCUT2D eigenvalue weighted by molar-refractivity contribution is 5.92. The van der Waals surface area contributed by atoms with Crippen molar-refractivity contribution in [3.05, 3.63) is 30.3 Å². The van der Waals surface area contributed by atoms with Crippen LogP contribution in [0.25, 0.3) is 0 Å².